The molecule has 1 aliphatic rings. The first kappa shape index (κ1) is 39.2. The molecule has 0 amide bonds. The lowest BCUT2D eigenvalue weighted by Crippen LogP contribution is -2.53. The van der Waals surface area contributed by atoms with E-state index in [1.54, 1.807) is 20.4 Å². The molecule has 6 rings (SSSR count). The van der Waals surface area contributed by atoms with Gasteiger partial charge in [0.2, 0.25) is 21.9 Å². The fraction of sp³-hybridized carbons (Fsp3) is 0.359. The van der Waals surface area contributed by atoms with E-state index >= 15 is 0 Å². The second-order valence-corrected chi connectivity index (χ2v) is 15.4. The van der Waals surface area contributed by atoms with Gasteiger partial charge in [-0.2, -0.15) is 14.3 Å². The number of hydrogen-bond donors (Lipinski definition) is 1. The summed E-state index contributed by atoms with van der Waals surface area (Å²) in [5.41, 5.74) is 3.82. The molecule has 290 valence electrons. The summed E-state index contributed by atoms with van der Waals surface area (Å²) in [6, 6.07) is 18.7. The molecule has 5 aromatic rings. The molecule has 4 heterocycles. The van der Waals surface area contributed by atoms with Gasteiger partial charge < -0.3 is 24.4 Å². The zero-order chi connectivity index (χ0) is 39.3. The van der Waals surface area contributed by atoms with Crippen LogP contribution in [-0.2, 0) is 23.1 Å². The topological polar surface area (TPSA) is 148 Å². The Morgan fingerprint density at radius 3 is 2.07 bits per heavy atom. The Hall–Kier alpha value is -5.45. The highest BCUT2D eigenvalue weighted by Crippen LogP contribution is 2.34. The van der Waals surface area contributed by atoms with Gasteiger partial charge in [-0.1, -0.05) is 24.3 Å². The maximum atomic E-state index is 14.8. The second kappa shape index (κ2) is 16.9. The zero-order valence-corrected chi connectivity index (χ0v) is 32.8. The molecule has 1 N–H and O–H groups in total. The number of pyridine rings is 2. The van der Waals surface area contributed by atoms with E-state index in [0.717, 1.165) is 28.2 Å². The quantitative estimate of drug-likeness (QED) is 0.146. The van der Waals surface area contributed by atoms with E-state index < -0.39 is 15.8 Å². The number of aryl methyl sites for hydroxylation is 1. The van der Waals surface area contributed by atoms with E-state index in [1.165, 1.54) is 29.9 Å². The summed E-state index contributed by atoms with van der Waals surface area (Å²) in [6.45, 7) is 8.17. The summed E-state index contributed by atoms with van der Waals surface area (Å²) in [7, 11) is 1.31. The van der Waals surface area contributed by atoms with Crippen LogP contribution in [0, 0.1) is 12.7 Å². The number of benzene rings is 2. The van der Waals surface area contributed by atoms with Crippen molar-refractivity contribution in [2.24, 2.45) is 0 Å². The van der Waals surface area contributed by atoms with Crippen molar-refractivity contribution >= 4 is 27.5 Å². The predicted octanol–water partition coefficient (Wildman–Crippen LogP) is 5.78. The minimum absolute atomic E-state index is 0.0523. The van der Waals surface area contributed by atoms with Gasteiger partial charge >= 0.3 is 0 Å². The van der Waals surface area contributed by atoms with Crippen LogP contribution in [0.3, 0.4) is 0 Å². The summed E-state index contributed by atoms with van der Waals surface area (Å²) in [5, 5.41) is 3.22. The van der Waals surface area contributed by atoms with E-state index in [-0.39, 0.29) is 18.0 Å². The van der Waals surface area contributed by atoms with Gasteiger partial charge in [0.05, 0.1) is 45.0 Å². The Bertz CT molecular complexity index is 2160. The van der Waals surface area contributed by atoms with Gasteiger partial charge in [0, 0.05) is 57.1 Å². The Labute approximate surface area is 321 Å². The Morgan fingerprint density at radius 2 is 1.53 bits per heavy atom. The largest absolute Gasteiger partial charge is 0.497 e. The third-order valence-electron chi connectivity index (χ3n) is 9.59. The first-order valence-corrected chi connectivity index (χ1v) is 19.6. The molecule has 1 fully saturated rings. The number of ether oxygens (including phenoxy) is 3. The SMILES string of the molecule is COc1ccc(CN(Cc2ccc(OC)cc2)c2nc(C)nc(-c3cc([C@H](C)N4CCN(S(C)(=O)=O)C[C@@H]4C)cnc3Nc3cnc(OC)c(F)c3)n2)cc1. The maximum Gasteiger partial charge on any atom is 0.250 e. The van der Waals surface area contributed by atoms with Crippen LogP contribution in [0.2, 0.25) is 0 Å². The monoisotopic (exact) mass is 771 g/mol. The molecule has 2 aromatic carbocycles. The van der Waals surface area contributed by atoms with Gasteiger partial charge in [-0.05, 0) is 67.8 Å². The van der Waals surface area contributed by atoms with Gasteiger partial charge in [-0.25, -0.2) is 27.8 Å². The number of methoxy groups -OCH3 is 3. The lowest BCUT2D eigenvalue weighted by molar-refractivity contribution is 0.0906. The molecule has 0 bridgehead atoms. The molecular weight excluding hydrogens is 726 g/mol. The minimum Gasteiger partial charge on any atom is -0.497 e. The molecule has 55 heavy (non-hydrogen) atoms. The standard InChI is InChI=1S/C39H46FN9O5S/c1-25-22-48(55(7,50)51)16-17-49(25)26(2)30-18-34(36(41-20-30)45-31-19-35(40)38(54-6)42-21-31)37-43-27(3)44-39(46-37)47(23-28-8-12-32(52-4)13-9-28)24-29-10-14-33(53-5)15-11-29/h8-15,18-21,25-26H,16-17,22-24H2,1-7H3,(H,41,45)/t25-,26-/m0/s1. The van der Waals surface area contributed by atoms with Crippen LogP contribution < -0.4 is 24.4 Å². The number of nitrogens with zero attached hydrogens (tertiary/aromatic N) is 8. The van der Waals surface area contributed by atoms with Crippen LogP contribution in [0.25, 0.3) is 11.4 Å². The van der Waals surface area contributed by atoms with Crippen LogP contribution >= 0.6 is 0 Å². The third-order valence-corrected chi connectivity index (χ3v) is 10.9. The van der Waals surface area contributed by atoms with Crippen molar-refractivity contribution in [1.29, 1.82) is 0 Å². The molecule has 1 saturated heterocycles. The number of rotatable bonds is 14. The maximum absolute atomic E-state index is 14.8. The van der Waals surface area contributed by atoms with Crippen molar-refractivity contribution in [2.75, 3.05) is 57.4 Å². The van der Waals surface area contributed by atoms with Crippen molar-refractivity contribution in [3.8, 4) is 28.8 Å². The number of aromatic nitrogens is 5. The van der Waals surface area contributed by atoms with E-state index in [9.17, 15) is 12.8 Å². The molecule has 0 saturated carbocycles. The van der Waals surface area contributed by atoms with Crippen molar-refractivity contribution in [3.05, 3.63) is 101 Å². The van der Waals surface area contributed by atoms with E-state index in [4.69, 9.17) is 34.1 Å². The summed E-state index contributed by atoms with van der Waals surface area (Å²) in [6.07, 6.45) is 4.46. The summed E-state index contributed by atoms with van der Waals surface area (Å²) >= 11 is 0. The fourth-order valence-electron chi connectivity index (χ4n) is 6.60. The molecule has 2 atom stereocenters. The van der Waals surface area contributed by atoms with Crippen LogP contribution in [-0.4, -0.2) is 95.8 Å². The molecule has 1 aliphatic heterocycles. The summed E-state index contributed by atoms with van der Waals surface area (Å²) in [4.78, 5) is 27.9. The predicted molar refractivity (Wildman–Crippen MR) is 209 cm³/mol. The van der Waals surface area contributed by atoms with Gasteiger partial charge in [-0.15, -0.1) is 0 Å². The lowest BCUT2D eigenvalue weighted by Gasteiger charge is -2.42. The van der Waals surface area contributed by atoms with Gasteiger partial charge in [0.25, 0.3) is 0 Å². The molecule has 0 spiro atoms. The van der Waals surface area contributed by atoms with Crippen molar-refractivity contribution < 1.29 is 27.0 Å². The first-order valence-electron chi connectivity index (χ1n) is 17.8. The number of piperazine rings is 1. The molecular formula is C39H46FN9O5S. The average molecular weight is 772 g/mol. The fourth-order valence-corrected chi connectivity index (χ4v) is 7.50. The molecule has 0 aliphatic carbocycles. The summed E-state index contributed by atoms with van der Waals surface area (Å²) < 4.78 is 56.7. The van der Waals surface area contributed by atoms with Crippen LogP contribution in [0.1, 0.15) is 42.4 Å². The highest BCUT2D eigenvalue weighted by molar-refractivity contribution is 7.88. The van der Waals surface area contributed by atoms with Crippen molar-refractivity contribution in [2.45, 2.75) is 45.9 Å². The van der Waals surface area contributed by atoms with Crippen LogP contribution in [0.15, 0.2) is 73.1 Å². The number of hydrogen-bond acceptors (Lipinski definition) is 13. The normalized spacial score (nSPS) is 15.7. The number of sulfonamides is 1. The smallest absolute Gasteiger partial charge is 0.250 e. The Morgan fingerprint density at radius 1 is 0.891 bits per heavy atom. The molecule has 14 nitrogen and oxygen atoms in total. The number of halogens is 1. The van der Waals surface area contributed by atoms with Crippen molar-refractivity contribution in [1.82, 2.24) is 34.1 Å². The van der Waals surface area contributed by atoms with Gasteiger partial charge in [-0.3, -0.25) is 4.90 Å². The van der Waals surface area contributed by atoms with E-state index in [0.29, 0.717) is 67.4 Å². The van der Waals surface area contributed by atoms with Gasteiger partial charge in [0.15, 0.2) is 11.6 Å². The first-order chi connectivity index (χ1) is 26.3. The van der Waals surface area contributed by atoms with E-state index in [1.807, 2.05) is 68.4 Å². The molecule has 0 radical (unpaired) electrons. The van der Waals surface area contributed by atoms with Gasteiger partial charge in [0.1, 0.15) is 23.1 Å². The average Bonchev–Trinajstić information content (AvgIpc) is 3.17. The highest BCUT2D eigenvalue weighted by atomic mass is 32.2. The second-order valence-electron chi connectivity index (χ2n) is 13.4. The summed E-state index contributed by atoms with van der Waals surface area (Å²) in [5.74, 6) is 2.42. The number of nitrogens with one attached hydrogen (secondary N) is 1. The Kier molecular flexibility index (Phi) is 12.1. The third kappa shape index (κ3) is 9.44. The van der Waals surface area contributed by atoms with Crippen LogP contribution in [0.4, 0.5) is 21.8 Å². The highest BCUT2D eigenvalue weighted by Gasteiger charge is 2.32. The molecule has 16 heteroatoms. The Balaban J connectivity index is 1.41. The van der Waals surface area contributed by atoms with Crippen LogP contribution in [0.5, 0.6) is 17.4 Å². The minimum atomic E-state index is -3.31. The van der Waals surface area contributed by atoms with E-state index in [2.05, 4.69) is 27.0 Å². The molecule has 0 unspecified atom stereocenters. The zero-order valence-electron chi connectivity index (χ0n) is 32.0. The number of anilines is 3. The molecule has 3 aromatic heterocycles. The van der Waals surface area contributed by atoms with Crippen molar-refractivity contribution in [3.63, 3.8) is 0 Å². The lowest BCUT2D eigenvalue weighted by atomic mass is 10.0.